The monoisotopic (exact) mass is 287 g/mol. The summed E-state index contributed by atoms with van der Waals surface area (Å²) < 4.78 is 11.5. The van der Waals surface area contributed by atoms with Gasteiger partial charge in [-0.2, -0.15) is 5.26 Å². The van der Waals surface area contributed by atoms with Crippen LogP contribution >= 0.6 is 22.6 Å². The Labute approximate surface area is 89.4 Å². The predicted octanol–water partition coefficient (Wildman–Crippen LogP) is 2.09. The van der Waals surface area contributed by atoms with E-state index in [0.29, 0.717) is 6.42 Å². The normalized spacial score (nSPS) is 12.6. The summed E-state index contributed by atoms with van der Waals surface area (Å²) in [6.07, 6.45) is 0.412. The van der Waals surface area contributed by atoms with Gasteiger partial charge >= 0.3 is 0 Å². The second kappa shape index (κ2) is 3.42. The first-order chi connectivity index (χ1) is 6.33. The highest BCUT2D eigenvalue weighted by molar-refractivity contribution is 14.1. The minimum absolute atomic E-state index is 0.279. The molecule has 0 aliphatic carbocycles. The van der Waals surface area contributed by atoms with E-state index in [1.54, 1.807) is 0 Å². The Morgan fingerprint density at radius 3 is 3.08 bits per heavy atom. The number of rotatable bonds is 1. The number of fused-ring (bicyclic) bond motifs is 1. The molecule has 1 aliphatic heterocycles. The summed E-state index contributed by atoms with van der Waals surface area (Å²) in [6, 6.07) is 5.86. The number of hydrogen-bond donors (Lipinski definition) is 0. The molecule has 0 saturated heterocycles. The Morgan fingerprint density at radius 1 is 1.46 bits per heavy atom. The summed E-state index contributed by atoms with van der Waals surface area (Å²) in [5.74, 6) is 1.54. The van der Waals surface area contributed by atoms with Gasteiger partial charge in [-0.15, -0.1) is 0 Å². The van der Waals surface area contributed by atoms with E-state index in [2.05, 4.69) is 28.7 Å². The van der Waals surface area contributed by atoms with Gasteiger partial charge < -0.3 is 9.47 Å². The van der Waals surface area contributed by atoms with Crippen LogP contribution in [0.4, 0.5) is 0 Å². The largest absolute Gasteiger partial charge is 0.454 e. The topological polar surface area (TPSA) is 42.2 Å². The van der Waals surface area contributed by atoms with Crippen molar-refractivity contribution < 1.29 is 9.47 Å². The van der Waals surface area contributed by atoms with E-state index in [0.717, 1.165) is 20.6 Å². The fourth-order valence-corrected chi connectivity index (χ4v) is 1.99. The molecule has 66 valence electrons. The first-order valence-corrected chi connectivity index (χ1v) is 4.84. The van der Waals surface area contributed by atoms with Crippen molar-refractivity contribution >= 4 is 22.6 Å². The summed E-state index contributed by atoms with van der Waals surface area (Å²) in [6.45, 7) is 0.279. The second-order valence-electron chi connectivity index (χ2n) is 2.61. The lowest BCUT2D eigenvalue weighted by molar-refractivity contribution is 0.173. The molecule has 0 N–H and O–H groups in total. The maximum Gasteiger partial charge on any atom is 0.231 e. The molecular weight excluding hydrogens is 281 g/mol. The highest BCUT2D eigenvalue weighted by Gasteiger charge is 2.18. The molecule has 1 aliphatic rings. The summed E-state index contributed by atoms with van der Waals surface area (Å²) in [5, 5.41) is 8.57. The van der Waals surface area contributed by atoms with Crippen molar-refractivity contribution in [1.29, 1.82) is 5.26 Å². The standard InChI is InChI=1S/C9H6INO2/c10-8-6(3-4-11)1-2-7-9(8)13-5-12-7/h1-2H,3,5H2. The quantitative estimate of drug-likeness (QED) is 0.743. The van der Waals surface area contributed by atoms with Gasteiger partial charge in [-0.05, 0) is 34.2 Å². The molecule has 0 unspecified atom stereocenters. The molecule has 0 radical (unpaired) electrons. The number of hydrogen-bond acceptors (Lipinski definition) is 3. The number of nitriles is 1. The van der Waals surface area contributed by atoms with Crippen molar-refractivity contribution in [3.05, 3.63) is 21.3 Å². The molecule has 1 heterocycles. The fraction of sp³-hybridized carbons (Fsp3) is 0.222. The van der Waals surface area contributed by atoms with E-state index in [1.165, 1.54) is 0 Å². The molecule has 0 spiro atoms. The van der Waals surface area contributed by atoms with Crippen molar-refractivity contribution in [3.8, 4) is 17.6 Å². The zero-order valence-electron chi connectivity index (χ0n) is 6.71. The molecule has 0 amide bonds. The van der Waals surface area contributed by atoms with Crippen molar-refractivity contribution in [2.24, 2.45) is 0 Å². The smallest absolute Gasteiger partial charge is 0.231 e. The maximum atomic E-state index is 8.57. The number of halogens is 1. The molecular formula is C9H6INO2. The Balaban J connectivity index is 2.47. The minimum Gasteiger partial charge on any atom is -0.454 e. The summed E-state index contributed by atoms with van der Waals surface area (Å²) >= 11 is 2.17. The van der Waals surface area contributed by atoms with Crippen LogP contribution < -0.4 is 9.47 Å². The van der Waals surface area contributed by atoms with E-state index in [-0.39, 0.29) is 6.79 Å². The molecule has 4 heteroatoms. The summed E-state index contributed by atoms with van der Waals surface area (Å²) in [7, 11) is 0. The van der Waals surface area contributed by atoms with Crippen LogP contribution in [0.3, 0.4) is 0 Å². The minimum atomic E-state index is 0.279. The molecule has 1 aromatic rings. The molecule has 0 bridgehead atoms. The van der Waals surface area contributed by atoms with E-state index >= 15 is 0 Å². The fourth-order valence-electron chi connectivity index (χ4n) is 1.20. The summed E-state index contributed by atoms with van der Waals surface area (Å²) in [4.78, 5) is 0. The van der Waals surface area contributed by atoms with Crippen molar-refractivity contribution in [1.82, 2.24) is 0 Å². The molecule has 0 fully saturated rings. The van der Waals surface area contributed by atoms with Gasteiger partial charge in [-0.25, -0.2) is 0 Å². The van der Waals surface area contributed by atoms with Crippen LogP contribution in [0.5, 0.6) is 11.5 Å². The van der Waals surface area contributed by atoms with Crippen LogP contribution in [-0.2, 0) is 6.42 Å². The van der Waals surface area contributed by atoms with Crippen LogP contribution in [0.15, 0.2) is 12.1 Å². The lowest BCUT2D eigenvalue weighted by Gasteiger charge is -2.02. The third-order valence-corrected chi connectivity index (χ3v) is 3.01. The average Bonchev–Trinajstić information content (AvgIpc) is 2.58. The van der Waals surface area contributed by atoms with E-state index < -0.39 is 0 Å². The number of nitrogens with zero attached hydrogens (tertiary/aromatic N) is 1. The molecule has 3 nitrogen and oxygen atoms in total. The predicted molar refractivity (Wildman–Crippen MR) is 54.6 cm³/mol. The molecule has 13 heavy (non-hydrogen) atoms. The third kappa shape index (κ3) is 1.44. The van der Waals surface area contributed by atoms with Gasteiger partial charge in [0.15, 0.2) is 11.5 Å². The zero-order valence-corrected chi connectivity index (χ0v) is 8.87. The van der Waals surface area contributed by atoms with Gasteiger partial charge in [0.1, 0.15) is 0 Å². The van der Waals surface area contributed by atoms with Gasteiger partial charge in [0.25, 0.3) is 0 Å². The first-order valence-electron chi connectivity index (χ1n) is 3.77. The number of ether oxygens (including phenoxy) is 2. The SMILES string of the molecule is N#CCc1ccc2c(c1I)OCO2. The van der Waals surface area contributed by atoms with Crippen LogP contribution in [0.25, 0.3) is 0 Å². The van der Waals surface area contributed by atoms with Gasteiger partial charge in [0, 0.05) is 0 Å². The van der Waals surface area contributed by atoms with Crippen LogP contribution in [0.1, 0.15) is 5.56 Å². The average molecular weight is 287 g/mol. The summed E-state index contributed by atoms with van der Waals surface area (Å²) in [5.41, 5.74) is 0.993. The van der Waals surface area contributed by atoms with E-state index in [1.807, 2.05) is 12.1 Å². The van der Waals surface area contributed by atoms with Gasteiger partial charge in [0.05, 0.1) is 16.1 Å². The third-order valence-electron chi connectivity index (χ3n) is 1.83. The second-order valence-corrected chi connectivity index (χ2v) is 3.69. The lowest BCUT2D eigenvalue weighted by atomic mass is 10.1. The first kappa shape index (κ1) is 8.63. The molecule has 0 aromatic heterocycles. The van der Waals surface area contributed by atoms with Gasteiger partial charge in [0.2, 0.25) is 6.79 Å². The van der Waals surface area contributed by atoms with Crippen LogP contribution in [-0.4, -0.2) is 6.79 Å². The molecule has 0 atom stereocenters. The maximum absolute atomic E-state index is 8.57. The molecule has 2 rings (SSSR count). The van der Waals surface area contributed by atoms with Gasteiger partial charge in [-0.1, -0.05) is 6.07 Å². The van der Waals surface area contributed by atoms with Crippen LogP contribution in [0, 0.1) is 14.9 Å². The van der Waals surface area contributed by atoms with Crippen molar-refractivity contribution in [2.45, 2.75) is 6.42 Å². The lowest BCUT2D eigenvalue weighted by Crippen LogP contribution is -1.94. The van der Waals surface area contributed by atoms with Crippen LogP contribution in [0.2, 0.25) is 0 Å². The Kier molecular flexibility index (Phi) is 2.27. The van der Waals surface area contributed by atoms with Gasteiger partial charge in [-0.3, -0.25) is 0 Å². The zero-order chi connectivity index (χ0) is 9.26. The van der Waals surface area contributed by atoms with E-state index in [9.17, 15) is 0 Å². The van der Waals surface area contributed by atoms with Crippen molar-refractivity contribution in [2.75, 3.05) is 6.79 Å². The molecule has 1 aromatic carbocycles. The van der Waals surface area contributed by atoms with E-state index in [4.69, 9.17) is 14.7 Å². The Hall–Kier alpha value is -0.960. The Bertz CT molecular complexity index is 384. The number of benzene rings is 1. The highest BCUT2D eigenvalue weighted by Crippen LogP contribution is 2.38. The highest BCUT2D eigenvalue weighted by atomic mass is 127. The van der Waals surface area contributed by atoms with Crippen molar-refractivity contribution in [3.63, 3.8) is 0 Å². The Morgan fingerprint density at radius 2 is 2.31 bits per heavy atom. The molecule has 0 saturated carbocycles.